The number of hydrogen-bond donors (Lipinski definition) is 5. The third-order valence-corrected chi connectivity index (χ3v) is 4.73. The average molecular weight is 407 g/mol. The van der Waals surface area contributed by atoms with Gasteiger partial charge in [-0.1, -0.05) is 12.1 Å². The Hall–Kier alpha value is -2.56. The minimum Gasteiger partial charge on any atom is -0.454 e. The third kappa shape index (κ3) is 4.39. The molecule has 3 rings (SSSR count). The van der Waals surface area contributed by atoms with Gasteiger partial charge in [0.1, 0.15) is 36.3 Å². The molecule has 9 heteroatoms. The topological polar surface area (TPSA) is 128 Å². The van der Waals surface area contributed by atoms with Crippen LogP contribution < -0.4 is 10.1 Å². The van der Waals surface area contributed by atoms with Crippen LogP contribution in [0, 0.1) is 5.82 Å². The first-order valence-corrected chi connectivity index (χ1v) is 8.95. The number of ether oxygens (including phenoxy) is 2. The summed E-state index contributed by atoms with van der Waals surface area (Å²) in [4.78, 5) is 11.7. The van der Waals surface area contributed by atoms with Gasteiger partial charge in [-0.3, -0.25) is 4.79 Å². The first kappa shape index (κ1) is 21.2. The molecular formula is C20H22FNO7. The number of amides is 1. The Bertz CT molecular complexity index is 876. The Kier molecular flexibility index (Phi) is 6.46. The summed E-state index contributed by atoms with van der Waals surface area (Å²) in [6.07, 6.45) is -6.75. The van der Waals surface area contributed by atoms with Crippen molar-refractivity contribution in [2.75, 3.05) is 13.7 Å². The van der Waals surface area contributed by atoms with Crippen LogP contribution in [-0.4, -0.2) is 64.4 Å². The summed E-state index contributed by atoms with van der Waals surface area (Å²) in [6, 6.07) is 9.89. The van der Waals surface area contributed by atoms with Crippen molar-refractivity contribution >= 4 is 5.91 Å². The lowest BCUT2D eigenvalue weighted by Gasteiger charge is -2.40. The molecule has 0 aromatic heterocycles. The standard InChI is InChI=1S/C20H22FNO7/c1-22-20(27)11-3-2-4-12(7-11)28-14-8-10(5-6-13(14)21)19-18(26)17(25)16(24)15(9-23)29-19/h2-8,15-19,23-26H,9H2,1H3,(H,22,27)/t15-,16-,17+,18-,19-/m1/s1. The molecule has 1 fully saturated rings. The van der Waals surface area contributed by atoms with Crippen molar-refractivity contribution in [3.05, 3.63) is 59.4 Å². The summed E-state index contributed by atoms with van der Waals surface area (Å²) in [5.74, 6) is -0.987. The molecule has 29 heavy (non-hydrogen) atoms. The fourth-order valence-corrected chi connectivity index (χ4v) is 3.12. The molecule has 1 aliphatic heterocycles. The lowest BCUT2D eigenvalue weighted by Crippen LogP contribution is -2.55. The second kappa shape index (κ2) is 8.85. The second-order valence-corrected chi connectivity index (χ2v) is 6.65. The summed E-state index contributed by atoms with van der Waals surface area (Å²) >= 11 is 0. The smallest absolute Gasteiger partial charge is 0.251 e. The van der Waals surface area contributed by atoms with Gasteiger partial charge in [0.15, 0.2) is 11.6 Å². The van der Waals surface area contributed by atoms with E-state index < -0.39 is 42.9 Å². The van der Waals surface area contributed by atoms with Crippen LogP contribution in [-0.2, 0) is 4.74 Å². The Labute approximate surface area is 166 Å². The van der Waals surface area contributed by atoms with E-state index in [-0.39, 0.29) is 23.0 Å². The van der Waals surface area contributed by atoms with E-state index in [0.29, 0.717) is 5.56 Å². The largest absolute Gasteiger partial charge is 0.454 e. The SMILES string of the molecule is CNC(=O)c1cccc(Oc2cc([C@H]3O[C@H](CO)[C@@H](O)[C@H](O)[C@H]3O)ccc2F)c1. The maximum Gasteiger partial charge on any atom is 0.251 e. The number of hydrogen-bond acceptors (Lipinski definition) is 7. The van der Waals surface area contributed by atoms with Crippen molar-refractivity contribution in [3.63, 3.8) is 0 Å². The predicted octanol–water partition coefficient (Wildman–Crippen LogP) is 0.492. The van der Waals surface area contributed by atoms with E-state index in [9.17, 15) is 29.6 Å². The predicted molar refractivity (Wildman–Crippen MR) is 99.0 cm³/mol. The van der Waals surface area contributed by atoms with Crippen LogP contribution >= 0.6 is 0 Å². The van der Waals surface area contributed by atoms with Crippen LogP contribution in [0.3, 0.4) is 0 Å². The molecule has 0 saturated carbocycles. The van der Waals surface area contributed by atoms with Gasteiger partial charge >= 0.3 is 0 Å². The number of halogens is 1. The maximum atomic E-state index is 14.3. The molecule has 1 aliphatic rings. The zero-order valence-corrected chi connectivity index (χ0v) is 15.5. The van der Waals surface area contributed by atoms with Crippen LogP contribution in [0.5, 0.6) is 11.5 Å². The highest BCUT2D eigenvalue weighted by molar-refractivity contribution is 5.94. The van der Waals surface area contributed by atoms with Crippen molar-refractivity contribution in [3.8, 4) is 11.5 Å². The van der Waals surface area contributed by atoms with Gasteiger partial charge in [-0.15, -0.1) is 0 Å². The molecule has 1 saturated heterocycles. The molecule has 1 heterocycles. The Balaban J connectivity index is 1.88. The highest BCUT2D eigenvalue weighted by Crippen LogP contribution is 2.35. The fraction of sp³-hybridized carbons (Fsp3) is 0.350. The Morgan fingerprint density at radius 3 is 2.59 bits per heavy atom. The van der Waals surface area contributed by atoms with E-state index in [1.807, 2.05) is 0 Å². The molecule has 0 spiro atoms. The second-order valence-electron chi connectivity index (χ2n) is 6.65. The first-order valence-electron chi connectivity index (χ1n) is 8.95. The average Bonchev–Trinajstić information content (AvgIpc) is 2.73. The summed E-state index contributed by atoms with van der Waals surface area (Å²) in [6.45, 7) is -0.571. The van der Waals surface area contributed by atoms with Crippen LogP contribution in [0.25, 0.3) is 0 Å². The Morgan fingerprint density at radius 1 is 1.14 bits per heavy atom. The van der Waals surface area contributed by atoms with E-state index in [1.165, 1.54) is 25.2 Å². The summed E-state index contributed by atoms with van der Waals surface area (Å²) in [7, 11) is 1.49. The molecule has 5 N–H and O–H groups in total. The van der Waals surface area contributed by atoms with Crippen LogP contribution in [0.4, 0.5) is 4.39 Å². The summed E-state index contributed by atoms with van der Waals surface area (Å²) in [5, 5.41) is 41.9. The molecule has 0 radical (unpaired) electrons. The van der Waals surface area contributed by atoms with Gasteiger partial charge in [-0.2, -0.15) is 0 Å². The number of nitrogens with one attached hydrogen (secondary N) is 1. The van der Waals surface area contributed by atoms with Gasteiger partial charge in [-0.25, -0.2) is 4.39 Å². The van der Waals surface area contributed by atoms with Gasteiger partial charge in [0, 0.05) is 12.6 Å². The van der Waals surface area contributed by atoms with Gasteiger partial charge in [0.25, 0.3) is 5.91 Å². The molecular weight excluding hydrogens is 385 g/mol. The lowest BCUT2D eigenvalue weighted by molar-refractivity contribution is -0.231. The summed E-state index contributed by atoms with van der Waals surface area (Å²) in [5.41, 5.74) is 0.608. The van der Waals surface area contributed by atoms with E-state index in [0.717, 1.165) is 6.07 Å². The van der Waals surface area contributed by atoms with Crippen molar-refractivity contribution in [2.24, 2.45) is 0 Å². The molecule has 0 bridgehead atoms. The number of aliphatic hydroxyl groups excluding tert-OH is 4. The van der Waals surface area contributed by atoms with E-state index in [1.54, 1.807) is 18.2 Å². The van der Waals surface area contributed by atoms with Crippen LogP contribution in [0.1, 0.15) is 22.0 Å². The van der Waals surface area contributed by atoms with Crippen molar-refractivity contribution in [1.29, 1.82) is 0 Å². The Morgan fingerprint density at radius 2 is 1.90 bits per heavy atom. The molecule has 0 aliphatic carbocycles. The number of rotatable bonds is 5. The number of carbonyl (C=O) groups is 1. The summed E-state index contributed by atoms with van der Waals surface area (Å²) < 4.78 is 25.3. The normalized spacial score (nSPS) is 26.8. The van der Waals surface area contributed by atoms with Crippen LogP contribution in [0.2, 0.25) is 0 Å². The van der Waals surface area contributed by atoms with Crippen molar-refractivity contribution in [1.82, 2.24) is 5.32 Å². The molecule has 0 unspecified atom stereocenters. The first-order chi connectivity index (χ1) is 13.8. The monoisotopic (exact) mass is 407 g/mol. The zero-order chi connectivity index (χ0) is 21.1. The highest BCUT2D eigenvalue weighted by Gasteiger charge is 2.44. The molecule has 1 amide bonds. The van der Waals surface area contributed by atoms with E-state index in [4.69, 9.17) is 9.47 Å². The number of aliphatic hydroxyl groups is 4. The molecule has 2 aromatic carbocycles. The third-order valence-electron chi connectivity index (χ3n) is 4.73. The molecule has 8 nitrogen and oxygen atoms in total. The van der Waals surface area contributed by atoms with Crippen molar-refractivity contribution < 1.29 is 39.1 Å². The van der Waals surface area contributed by atoms with Crippen LogP contribution in [0.15, 0.2) is 42.5 Å². The van der Waals surface area contributed by atoms with E-state index in [2.05, 4.69) is 5.32 Å². The van der Waals surface area contributed by atoms with Gasteiger partial charge in [0.2, 0.25) is 0 Å². The number of carbonyl (C=O) groups excluding carboxylic acids is 1. The molecule has 5 atom stereocenters. The minimum absolute atomic E-state index is 0.187. The minimum atomic E-state index is -1.55. The highest BCUT2D eigenvalue weighted by atomic mass is 19.1. The fourth-order valence-electron chi connectivity index (χ4n) is 3.12. The quantitative estimate of drug-likeness (QED) is 0.488. The van der Waals surface area contributed by atoms with Gasteiger partial charge in [0.05, 0.1) is 6.61 Å². The van der Waals surface area contributed by atoms with E-state index >= 15 is 0 Å². The zero-order valence-electron chi connectivity index (χ0n) is 15.5. The number of benzene rings is 2. The van der Waals surface area contributed by atoms with Crippen molar-refractivity contribution in [2.45, 2.75) is 30.5 Å². The van der Waals surface area contributed by atoms with Gasteiger partial charge in [-0.05, 0) is 35.9 Å². The lowest BCUT2D eigenvalue weighted by atomic mass is 9.91. The maximum absolute atomic E-state index is 14.3. The molecule has 156 valence electrons. The van der Waals surface area contributed by atoms with Gasteiger partial charge < -0.3 is 35.2 Å². The molecule has 2 aromatic rings.